The van der Waals surface area contributed by atoms with Gasteiger partial charge in [0.2, 0.25) is 5.43 Å². The van der Waals surface area contributed by atoms with Gasteiger partial charge in [-0.15, -0.1) is 0 Å². The van der Waals surface area contributed by atoms with Crippen molar-refractivity contribution < 1.29 is 18.3 Å². The maximum Gasteiger partial charge on any atom is 0.343 e. The SMILES string of the molecule is CCOC(=O)c1cn([C@@H](CC)CO[Si](C)(C)C(C)(C)C)c2cc(F)c(I)cc2c1=O. The Morgan fingerprint density at radius 1 is 1.27 bits per heavy atom. The predicted molar refractivity (Wildman–Crippen MR) is 129 cm³/mol. The number of ether oxygens (including phenoxy) is 1. The van der Waals surface area contributed by atoms with E-state index in [9.17, 15) is 14.0 Å². The highest BCUT2D eigenvalue weighted by atomic mass is 127. The molecule has 1 aromatic heterocycles. The minimum atomic E-state index is -2.01. The molecule has 0 aliphatic rings. The van der Waals surface area contributed by atoms with Crippen LogP contribution >= 0.6 is 22.6 Å². The average molecular weight is 547 g/mol. The molecule has 0 amide bonds. The fraction of sp³-hybridized carbons (Fsp3) is 0.545. The van der Waals surface area contributed by atoms with Gasteiger partial charge in [-0.25, -0.2) is 9.18 Å². The van der Waals surface area contributed by atoms with Crippen LogP contribution in [0.3, 0.4) is 0 Å². The molecule has 2 aromatic rings. The minimum Gasteiger partial charge on any atom is -0.462 e. The van der Waals surface area contributed by atoms with Crippen LogP contribution in [0.2, 0.25) is 18.1 Å². The van der Waals surface area contributed by atoms with Crippen molar-refractivity contribution in [2.24, 2.45) is 0 Å². The summed E-state index contributed by atoms with van der Waals surface area (Å²) in [5.41, 5.74) is -0.0352. The lowest BCUT2D eigenvalue weighted by Gasteiger charge is -2.37. The maximum absolute atomic E-state index is 14.4. The number of carbonyl (C=O) groups excluding carboxylic acids is 1. The molecule has 0 unspecified atom stereocenters. The Balaban J connectivity index is 2.64. The molecular weight excluding hydrogens is 516 g/mol. The topological polar surface area (TPSA) is 57.5 Å². The van der Waals surface area contributed by atoms with Gasteiger partial charge in [-0.05, 0) is 66.2 Å². The van der Waals surface area contributed by atoms with Crippen molar-refractivity contribution in [1.29, 1.82) is 0 Å². The number of pyridine rings is 1. The van der Waals surface area contributed by atoms with Crippen LogP contribution in [0.5, 0.6) is 0 Å². The highest BCUT2D eigenvalue weighted by Gasteiger charge is 2.37. The second kappa shape index (κ2) is 9.48. The third-order valence-corrected chi connectivity index (χ3v) is 11.2. The number of hydrogen-bond donors (Lipinski definition) is 0. The molecule has 2 rings (SSSR count). The van der Waals surface area contributed by atoms with Gasteiger partial charge in [-0.3, -0.25) is 4.79 Å². The Hall–Kier alpha value is -1.26. The van der Waals surface area contributed by atoms with Gasteiger partial charge in [-0.1, -0.05) is 27.7 Å². The summed E-state index contributed by atoms with van der Waals surface area (Å²) in [5.74, 6) is -1.07. The van der Waals surface area contributed by atoms with E-state index >= 15 is 0 Å². The van der Waals surface area contributed by atoms with Gasteiger partial charge in [0.05, 0.1) is 24.8 Å². The normalized spacial score (nSPS) is 13.5. The van der Waals surface area contributed by atoms with E-state index in [2.05, 4.69) is 33.9 Å². The van der Waals surface area contributed by atoms with Gasteiger partial charge in [0, 0.05) is 15.2 Å². The van der Waals surface area contributed by atoms with Crippen LogP contribution in [-0.2, 0) is 9.16 Å². The predicted octanol–water partition coefficient (Wildman–Crippen LogP) is 5.89. The standard InChI is InChI=1S/C22H31FINO4Si/c1-8-14(13-29-30(6,7)22(3,4)5)25-12-16(21(27)28-9-2)20(26)15-10-18(24)17(23)11-19(15)25/h10-12,14H,8-9,13H2,1-7H3/t14-/m0/s1. The minimum absolute atomic E-state index is 0.0439. The molecule has 0 spiro atoms. The number of rotatable bonds is 7. The van der Waals surface area contributed by atoms with Gasteiger partial charge in [0.25, 0.3) is 0 Å². The quantitative estimate of drug-likeness (QED) is 0.246. The van der Waals surface area contributed by atoms with Crippen LogP contribution in [0.25, 0.3) is 10.9 Å². The molecule has 1 aromatic carbocycles. The van der Waals surface area contributed by atoms with Crippen molar-refractivity contribution in [1.82, 2.24) is 4.57 Å². The van der Waals surface area contributed by atoms with Crippen molar-refractivity contribution in [3.63, 3.8) is 0 Å². The van der Waals surface area contributed by atoms with Crippen LogP contribution < -0.4 is 5.43 Å². The zero-order valence-corrected chi connectivity index (χ0v) is 21.9. The number of halogens is 2. The lowest BCUT2D eigenvalue weighted by Crippen LogP contribution is -2.42. The van der Waals surface area contributed by atoms with Crippen molar-refractivity contribution in [3.8, 4) is 0 Å². The Morgan fingerprint density at radius 3 is 2.43 bits per heavy atom. The first-order valence-electron chi connectivity index (χ1n) is 10.2. The summed E-state index contributed by atoms with van der Waals surface area (Å²) in [6.07, 6.45) is 2.20. The van der Waals surface area contributed by atoms with E-state index in [4.69, 9.17) is 9.16 Å². The van der Waals surface area contributed by atoms with E-state index in [0.29, 0.717) is 27.5 Å². The summed E-state index contributed by atoms with van der Waals surface area (Å²) < 4.78 is 28.0. The van der Waals surface area contributed by atoms with E-state index in [1.807, 2.05) is 29.5 Å². The summed E-state index contributed by atoms with van der Waals surface area (Å²) in [5, 5.41) is 0.354. The molecule has 5 nitrogen and oxygen atoms in total. The smallest absolute Gasteiger partial charge is 0.343 e. The molecule has 8 heteroatoms. The zero-order valence-electron chi connectivity index (χ0n) is 18.8. The number of carbonyl (C=O) groups is 1. The molecule has 0 saturated carbocycles. The number of hydrogen-bond acceptors (Lipinski definition) is 4. The number of benzene rings is 1. The Morgan fingerprint density at radius 2 is 1.90 bits per heavy atom. The van der Waals surface area contributed by atoms with Crippen molar-refractivity contribution >= 4 is 47.8 Å². The lowest BCUT2D eigenvalue weighted by molar-refractivity contribution is 0.0523. The van der Waals surface area contributed by atoms with Crippen molar-refractivity contribution in [2.45, 2.75) is 65.2 Å². The highest BCUT2D eigenvalue weighted by Crippen LogP contribution is 2.37. The summed E-state index contributed by atoms with van der Waals surface area (Å²) in [6.45, 7) is 15.2. The largest absolute Gasteiger partial charge is 0.462 e. The molecule has 1 heterocycles. The number of aromatic nitrogens is 1. The first kappa shape index (κ1) is 25.0. The Bertz CT molecular complexity index is 997. The summed E-state index contributed by atoms with van der Waals surface area (Å²) in [7, 11) is -2.01. The molecule has 30 heavy (non-hydrogen) atoms. The van der Waals surface area contributed by atoms with Crippen LogP contribution in [0.1, 0.15) is 57.4 Å². The van der Waals surface area contributed by atoms with Gasteiger partial charge in [0.1, 0.15) is 11.4 Å². The van der Waals surface area contributed by atoms with Gasteiger partial charge < -0.3 is 13.7 Å². The molecule has 0 aliphatic heterocycles. The first-order chi connectivity index (χ1) is 13.8. The summed E-state index contributed by atoms with van der Waals surface area (Å²) >= 11 is 1.85. The Labute approximate surface area is 192 Å². The van der Waals surface area contributed by atoms with E-state index in [1.165, 1.54) is 18.3 Å². The van der Waals surface area contributed by atoms with Gasteiger partial charge >= 0.3 is 5.97 Å². The highest BCUT2D eigenvalue weighted by molar-refractivity contribution is 14.1. The summed E-state index contributed by atoms with van der Waals surface area (Å²) in [6, 6.07) is 2.70. The van der Waals surface area contributed by atoms with E-state index < -0.39 is 25.5 Å². The fourth-order valence-electron chi connectivity index (χ4n) is 2.92. The number of fused-ring (bicyclic) bond motifs is 1. The molecule has 0 aliphatic carbocycles. The molecule has 0 radical (unpaired) electrons. The molecule has 0 fully saturated rings. The second-order valence-corrected chi connectivity index (χ2v) is 14.9. The fourth-order valence-corrected chi connectivity index (χ4v) is 4.43. The second-order valence-electron chi connectivity index (χ2n) is 8.92. The van der Waals surface area contributed by atoms with E-state index in [0.717, 1.165) is 0 Å². The van der Waals surface area contributed by atoms with E-state index in [-0.39, 0.29) is 23.3 Å². The van der Waals surface area contributed by atoms with Gasteiger partial charge in [0.15, 0.2) is 8.32 Å². The Kier molecular flexibility index (Phi) is 7.90. The first-order valence-corrected chi connectivity index (χ1v) is 14.2. The number of nitrogens with zero attached hydrogens (tertiary/aromatic N) is 1. The van der Waals surface area contributed by atoms with Crippen LogP contribution in [-0.4, -0.2) is 32.1 Å². The average Bonchev–Trinajstić information content (AvgIpc) is 2.64. The molecule has 0 bridgehead atoms. The van der Waals surface area contributed by atoms with Crippen LogP contribution in [0, 0.1) is 9.39 Å². The molecular formula is C22H31FINO4Si. The molecule has 0 saturated heterocycles. The van der Waals surface area contributed by atoms with Crippen molar-refractivity contribution in [2.75, 3.05) is 13.2 Å². The summed E-state index contributed by atoms with van der Waals surface area (Å²) in [4.78, 5) is 25.4. The zero-order chi connectivity index (χ0) is 22.9. The lowest BCUT2D eigenvalue weighted by atomic mass is 10.1. The molecule has 1 atom stereocenters. The maximum atomic E-state index is 14.4. The van der Waals surface area contributed by atoms with Crippen LogP contribution in [0.4, 0.5) is 4.39 Å². The van der Waals surface area contributed by atoms with Crippen molar-refractivity contribution in [3.05, 3.63) is 43.5 Å². The molecule has 0 N–H and O–H groups in total. The molecule has 166 valence electrons. The van der Waals surface area contributed by atoms with Crippen LogP contribution in [0.15, 0.2) is 23.1 Å². The van der Waals surface area contributed by atoms with Gasteiger partial charge in [-0.2, -0.15) is 0 Å². The number of esters is 1. The third kappa shape index (κ3) is 5.13. The third-order valence-electron chi connectivity index (χ3n) is 5.88. The van der Waals surface area contributed by atoms with E-state index in [1.54, 1.807) is 11.5 Å². The monoisotopic (exact) mass is 547 g/mol.